The maximum Gasteiger partial charge on any atom is 0.0292 e. The number of thiophene rings is 1. The molecule has 0 saturated carbocycles. The van der Waals surface area contributed by atoms with Crippen LogP contribution in [0.5, 0.6) is 0 Å². The molecule has 1 aromatic heterocycles. The summed E-state index contributed by atoms with van der Waals surface area (Å²) in [5, 5.41) is 8.04. The Kier molecular flexibility index (Phi) is 4.54. The Bertz CT molecular complexity index is 545. The highest BCUT2D eigenvalue weighted by Gasteiger charge is 2.12. The van der Waals surface area contributed by atoms with Gasteiger partial charge in [-0.25, -0.2) is 0 Å². The minimum absolute atomic E-state index is 0.445. The van der Waals surface area contributed by atoms with Gasteiger partial charge in [0, 0.05) is 6.04 Å². The van der Waals surface area contributed by atoms with Gasteiger partial charge in [-0.3, -0.25) is 0 Å². The summed E-state index contributed by atoms with van der Waals surface area (Å²) in [6, 6.07) is 9.75. The van der Waals surface area contributed by atoms with Crippen LogP contribution in [-0.4, -0.2) is 6.54 Å². The van der Waals surface area contributed by atoms with E-state index in [4.69, 9.17) is 0 Å². The molecule has 1 aliphatic rings. The molecule has 1 aromatic carbocycles. The molecule has 0 saturated heterocycles. The number of hydrogen-bond acceptors (Lipinski definition) is 2. The Hall–Kier alpha value is -1.12. The third-order valence-electron chi connectivity index (χ3n) is 4.32. The van der Waals surface area contributed by atoms with E-state index in [2.05, 4.69) is 47.3 Å². The van der Waals surface area contributed by atoms with Crippen molar-refractivity contribution in [1.82, 2.24) is 5.32 Å². The number of aryl methyl sites for hydroxylation is 2. The summed E-state index contributed by atoms with van der Waals surface area (Å²) >= 11 is 1.78. The van der Waals surface area contributed by atoms with Gasteiger partial charge in [-0.1, -0.05) is 18.2 Å². The fourth-order valence-corrected chi connectivity index (χ4v) is 3.71. The van der Waals surface area contributed by atoms with E-state index in [1.807, 2.05) is 0 Å². The summed E-state index contributed by atoms with van der Waals surface area (Å²) in [6.45, 7) is 3.33. The lowest BCUT2D eigenvalue weighted by atomic mass is 9.89. The van der Waals surface area contributed by atoms with Crippen molar-refractivity contribution in [2.45, 2.75) is 45.1 Å². The topological polar surface area (TPSA) is 12.0 Å². The molecule has 106 valence electrons. The van der Waals surface area contributed by atoms with Crippen LogP contribution in [0.25, 0.3) is 0 Å². The first-order chi connectivity index (χ1) is 9.83. The summed E-state index contributed by atoms with van der Waals surface area (Å²) in [5.41, 5.74) is 6.04. The Balaban J connectivity index is 1.57. The molecule has 1 heterocycles. The Morgan fingerprint density at radius 2 is 2.00 bits per heavy atom. The van der Waals surface area contributed by atoms with Crippen molar-refractivity contribution in [2.75, 3.05) is 6.54 Å². The van der Waals surface area contributed by atoms with Crippen molar-refractivity contribution in [3.63, 3.8) is 0 Å². The van der Waals surface area contributed by atoms with E-state index in [9.17, 15) is 0 Å². The Labute approximate surface area is 126 Å². The first-order valence-electron chi connectivity index (χ1n) is 7.69. The highest BCUT2D eigenvalue weighted by atomic mass is 32.1. The summed E-state index contributed by atoms with van der Waals surface area (Å²) in [5.74, 6) is 0. The SMILES string of the molecule is CC(NCCc1ccsc1)c1ccc2c(c1)CCCC2. The van der Waals surface area contributed by atoms with Crippen molar-refractivity contribution >= 4 is 11.3 Å². The van der Waals surface area contributed by atoms with Gasteiger partial charge in [0.15, 0.2) is 0 Å². The van der Waals surface area contributed by atoms with Gasteiger partial charge in [-0.15, -0.1) is 0 Å². The zero-order chi connectivity index (χ0) is 13.8. The molecule has 0 spiro atoms. The van der Waals surface area contributed by atoms with Crippen LogP contribution >= 0.6 is 11.3 Å². The second-order valence-corrected chi connectivity index (χ2v) is 6.57. The summed E-state index contributed by atoms with van der Waals surface area (Å²) in [6.07, 6.45) is 6.39. The molecular weight excluding hydrogens is 262 g/mol. The molecule has 0 amide bonds. The van der Waals surface area contributed by atoms with Gasteiger partial charge in [0.2, 0.25) is 0 Å². The fraction of sp³-hybridized carbons (Fsp3) is 0.444. The summed E-state index contributed by atoms with van der Waals surface area (Å²) < 4.78 is 0. The lowest BCUT2D eigenvalue weighted by molar-refractivity contribution is 0.575. The quantitative estimate of drug-likeness (QED) is 0.851. The van der Waals surface area contributed by atoms with Gasteiger partial charge in [0.05, 0.1) is 0 Å². The second kappa shape index (κ2) is 6.55. The highest BCUT2D eigenvalue weighted by molar-refractivity contribution is 7.07. The molecule has 1 nitrogen and oxygen atoms in total. The van der Waals surface area contributed by atoms with Crippen LogP contribution in [0.4, 0.5) is 0 Å². The van der Waals surface area contributed by atoms with Gasteiger partial charge in [0.25, 0.3) is 0 Å². The van der Waals surface area contributed by atoms with E-state index < -0.39 is 0 Å². The molecule has 2 aromatic rings. The number of fused-ring (bicyclic) bond motifs is 1. The van der Waals surface area contributed by atoms with E-state index >= 15 is 0 Å². The normalized spacial score (nSPS) is 15.8. The third kappa shape index (κ3) is 3.31. The molecule has 1 N–H and O–H groups in total. The van der Waals surface area contributed by atoms with E-state index in [0.29, 0.717) is 6.04 Å². The lowest BCUT2D eigenvalue weighted by Crippen LogP contribution is -2.21. The molecule has 0 fully saturated rings. The lowest BCUT2D eigenvalue weighted by Gasteiger charge is -2.20. The van der Waals surface area contributed by atoms with Crippen molar-refractivity contribution in [3.05, 3.63) is 57.3 Å². The molecule has 1 atom stereocenters. The van der Waals surface area contributed by atoms with E-state index in [1.54, 1.807) is 22.5 Å². The Morgan fingerprint density at radius 1 is 1.15 bits per heavy atom. The second-order valence-electron chi connectivity index (χ2n) is 5.79. The maximum atomic E-state index is 3.65. The van der Waals surface area contributed by atoms with Crippen LogP contribution in [0, 0.1) is 0 Å². The monoisotopic (exact) mass is 285 g/mol. The van der Waals surface area contributed by atoms with Crippen LogP contribution < -0.4 is 5.32 Å². The molecule has 1 aliphatic carbocycles. The van der Waals surface area contributed by atoms with E-state index in [0.717, 1.165) is 13.0 Å². The predicted octanol–water partition coefficient (Wildman–Crippen LogP) is 4.52. The minimum Gasteiger partial charge on any atom is -0.310 e. The van der Waals surface area contributed by atoms with Crippen molar-refractivity contribution in [1.29, 1.82) is 0 Å². The minimum atomic E-state index is 0.445. The summed E-state index contributed by atoms with van der Waals surface area (Å²) in [4.78, 5) is 0. The van der Waals surface area contributed by atoms with Gasteiger partial charge >= 0.3 is 0 Å². The average Bonchev–Trinajstić information content (AvgIpc) is 3.00. The molecule has 0 radical (unpaired) electrons. The van der Waals surface area contributed by atoms with Crippen LogP contribution in [0.15, 0.2) is 35.0 Å². The van der Waals surface area contributed by atoms with Crippen LogP contribution in [0.2, 0.25) is 0 Å². The number of nitrogens with one attached hydrogen (secondary N) is 1. The number of hydrogen-bond donors (Lipinski definition) is 1. The third-order valence-corrected chi connectivity index (χ3v) is 5.05. The van der Waals surface area contributed by atoms with Crippen LogP contribution in [-0.2, 0) is 19.3 Å². The van der Waals surface area contributed by atoms with Gasteiger partial charge in [-0.05, 0) is 84.7 Å². The number of benzene rings is 1. The van der Waals surface area contributed by atoms with Crippen LogP contribution in [0.3, 0.4) is 0 Å². The first-order valence-corrected chi connectivity index (χ1v) is 8.63. The van der Waals surface area contributed by atoms with Crippen LogP contribution in [0.1, 0.15) is 48.1 Å². The molecular formula is C18H23NS. The largest absolute Gasteiger partial charge is 0.310 e. The molecule has 2 heteroatoms. The van der Waals surface area contributed by atoms with Crippen molar-refractivity contribution < 1.29 is 0 Å². The Morgan fingerprint density at radius 3 is 2.80 bits per heavy atom. The van der Waals surface area contributed by atoms with Gasteiger partial charge in [-0.2, -0.15) is 11.3 Å². The van der Waals surface area contributed by atoms with Gasteiger partial charge in [0.1, 0.15) is 0 Å². The molecule has 0 bridgehead atoms. The van der Waals surface area contributed by atoms with E-state index in [1.165, 1.54) is 36.8 Å². The molecule has 1 unspecified atom stereocenters. The number of rotatable bonds is 5. The molecule has 3 rings (SSSR count). The molecule has 20 heavy (non-hydrogen) atoms. The highest BCUT2D eigenvalue weighted by Crippen LogP contribution is 2.24. The molecule has 0 aliphatic heterocycles. The van der Waals surface area contributed by atoms with Crippen molar-refractivity contribution in [2.24, 2.45) is 0 Å². The predicted molar refractivity (Wildman–Crippen MR) is 87.5 cm³/mol. The van der Waals surface area contributed by atoms with E-state index in [-0.39, 0.29) is 0 Å². The summed E-state index contributed by atoms with van der Waals surface area (Å²) in [7, 11) is 0. The zero-order valence-electron chi connectivity index (χ0n) is 12.2. The standard InChI is InChI=1S/C18H23NS/c1-14(19-10-8-15-9-11-20-13-15)17-7-6-16-4-2-3-5-18(16)12-17/h6-7,9,11-14,19H,2-5,8,10H2,1H3. The maximum absolute atomic E-state index is 3.65. The van der Waals surface area contributed by atoms with Gasteiger partial charge < -0.3 is 5.32 Å². The average molecular weight is 285 g/mol. The smallest absolute Gasteiger partial charge is 0.0292 e. The van der Waals surface area contributed by atoms with Crippen molar-refractivity contribution in [3.8, 4) is 0 Å². The fourth-order valence-electron chi connectivity index (χ4n) is 3.01. The first kappa shape index (κ1) is 13.8. The zero-order valence-corrected chi connectivity index (χ0v) is 13.0.